The lowest BCUT2D eigenvalue weighted by Crippen LogP contribution is -1.97. The zero-order chi connectivity index (χ0) is 31.9. The number of aromatic nitrogens is 6. The molecular formula is C42H26N6. The molecule has 0 unspecified atom stereocenters. The van der Waals surface area contributed by atoms with Gasteiger partial charge in [-0.3, -0.25) is 9.97 Å². The number of fused-ring (bicyclic) bond motifs is 4. The summed E-state index contributed by atoms with van der Waals surface area (Å²) in [7, 11) is 0. The molecule has 5 aromatic carbocycles. The summed E-state index contributed by atoms with van der Waals surface area (Å²) >= 11 is 0. The van der Waals surface area contributed by atoms with Crippen LogP contribution in [0.4, 0.5) is 0 Å². The molecule has 0 aliphatic carbocycles. The van der Waals surface area contributed by atoms with Crippen LogP contribution in [-0.4, -0.2) is 29.9 Å². The molecule has 6 heteroatoms. The van der Waals surface area contributed by atoms with Crippen LogP contribution >= 0.6 is 0 Å². The lowest BCUT2D eigenvalue weighted by molar-refractivity contribution is 1.18. The lowest BCUT2D eigenvalue weighted by Gasteiger charge is -2.11. The maximum Gasteiger partial charge on any atom is 0.162 e. The Labute approximate surface area is 276 Å². The molecule has 4 aromatic heterocycles. The van der Waals surface area contributed by atoms with Crippen LogP contribution in [0.15, 0.2) is 158 Å². The number of nitrogens with zero attached hydrogens (tertiary/aromatic N) is 6. The third-order valence-corrected chi connectivity index (χ3v) is 8.53. The van der Waals surface area contributed by atoms with Gasteiger partial charge in [0.25, 0.3) is 0 Å². The quantitative estimate of drug-likeness (QED) is 0.180. The minimum absolute atomic E-state index is 0.637. The van der Waals surface area contributed by atoms with Gasteiger partial charge in [0.2, 0.25) is 0 Å². The van der Waals surface area contributed by atoms with E-state index in [9.17, 15) is 0 Å². The van der Waals surface area contributed by atoms with E-state index in [2.05, 4.69) is 54.6 Å². The first-order valence-corrected chi connectivity index (χ1v) is 15.8. The van der Waals surface area contributed by atoms with E-state index in [1.807, 2.05) is 103 Å². The van der Waals surface area contributed by atoms with Gasteiger partial charge in [-0.2, -0.15) is 0 Å². The van der Waals surface area contributed by atoms with Crippen LogP contribution in [0.3, 0.4) is 0 Å². The summed E-state index contributed by atoms with van der Waals surface area (Å²) in [5.41, 5.74) is 9.92. The molecule has 224 valence electrons. The highest BCUT2D eigenvalue weighted by Gasteiger charge is 2.15. The smallest absolute Gasteiger partial charge is 0.162 e. The SMILES string of the molecule is c1ccc(-c2cc(-c3cnc4c(ccc5cc(-c6nc(-c7ccccc7)c7ccccc7n6)cnc54)c3)nc(-c3ccccc3)n2)cc1. The molecule has 0 bridgehead atoms. The van der Waals surface area contributed by atoms with E-state index in [0.717, 1.165) is 77.6 Å². The average molecular weight is 615 g/mol. The molecule has 9 aromatic rings. The van der Waals surface area contributed by atoms with E-state index in [0.29, 0.717) is 11.6 Å². The molecule has 0 aliphatic heterocycles. The fourth-order valence-electron chi connectivity index (χ4n) is 6.15. The highest BCUT2D eigenvalue weighted by Crippen LogP contribution is 2.33. The number of para-hydroxylation sites is 1. The molecule has 9 rings (SSSR count). The first-order chi connectivity index (χ1) is 23.8. The van der Waals surface area contributed by atoms with Gasteiger partial charge in [0, 0.05) is 56.4 Å². The summed E-state index contributed by atoms with van der Waals surface area (Å²) in [6.07, 6.45) is 3.72. The Morgan fingerprint density at radius 2 is 0.875 bits per heavy atom. The Morgan fingerprint density at radius 1 is 0.354 bits per heavy atom. The first kappa shape index (κ1) is 27.6. The third kappa shape index (κ3) is 5.02. The fourth-order valence-corrected chi connectivity index (χ4v) is 6.15. The number of hydrogen-bond acceptors (Lipinski definition) is 6. The zero-order valence-electron chi connectivity index (χ0n) is 25.7. The van der Waals surface area contributed by atoms with Crippen LogP contribution in [0.2, 0.25) is 0 Å². The molecule has 0 fully saturated rings. The minimum Gasteiger partial charge on any atom is -0.253 e. The van der Waals surface area contributed by atoms with Crippen LogP contribution in [0.1, 0.15) is 0 Å². The van der Waals surface area contributed by atoms with Crippen LogP contribution in [0.5, 0.6) is 0 Å². The van der Waals surface area contributed by atoms with Crippen molar-refractivity contribution < 1.29 is 0 Å². The Morgan fingerprint density at radius 3 is 1.56 bits per heavy atom. The van der Waals surface area contributed by atoms with Crippen LogP contribution in [-0.2, 0) is 0 Å². The molecule has 0 N–H and O–H groups in total. The zero-order valence-corrected chi connectivity index (χ0v) is 25.7. The van der Waals surface area contributed by atoms with E-state index >= 15 is 0 Å². The van der Waals surface area contributed by atoms with Crippen molar-refractivity contribution in [1.29, 1.82) is 0 Å². The molecule has 48 heavy (non-hydrogen) atoms. The second kappa shape index (κ2) is 11.6. The van der Waals surface area contributed by atoms with Gasteiger partial charge in [0.05, 0.1) is 33.6 Å². The largest absolute Gasteiger partial charge is 0.253 e. The predicted octanol–water partition coefficient (Wildman–Crippen LogP) is 9.85. The van der Waals surface area contributed by atoms with Crippen molar-refractivity contribution >= 4 is 32.7 Å². The van der Waals surface area contributed by atoms with E-state index in [-0.39, 0.29) is 0 Å². The average Bonchev–Trinajstić information content (AvgIpc) is 3.17. The Kier molecular flexibility index (Phi) is 6.68. The summed E-state index contributed by atoms with van der Waals surface area (Å²) in [5, 5.41) is 2.97. The van der Waals surface area contributed by atoms with Crippen molar-refractivity contribution in [3.63, 3.8) is 0 Å². The van der Waals surface area contributed by atoms with E-state index in [1.165, 1.54) is 0 Å². The predicted molar refractivity (Wildman–Crippen MR) is 193 cm³/mol. The van der Waals surface area contributed by atoms with Gasteiger partial charge in [-0.25, -0.2) is 19.9 Å². The van der Waals surface area contributed by atoms with E-state index in [4.69, 9.17) is 29.9 Å². The minimum atomic E-state index is 0.637. The summed E-state index contributed by atoms with van der Waals surface area (Å²) in [6.45, 7) is 0. The summed E-state index contributed by atoms with van der Waals surface area (Å²) in [5.74, 6) is 1.31. The molecule has 0 spiro atoms. The van der Waals surface area contributed by atoms with Gasteiger partial charge < -0.3 is 0 Å². The Hall–Kier alpha value is -6.66. The number of rotatable bonds is 5. The molecule has 0 saturated carbocycles. The second-order valence-electron chi connectivity index (χ2n) is 11.6. The summed E-state index contributed by atoms with van der Waals surface area (Å²) in [4.78, 5) is 29.7. The van der Waals surface area contributed by atoms with Crippen LogP contribution < -0.4 is 0 Å². The van der Waals surface area contributed by atoms with Gasteiger partial charge in [0.15, 0.2) is 11.6 Å². The molecule has 0 radical (unpaired) electrons. The third-order valence-electron chi connectivity index (χ3n) is 8.53. The molecule has 6 nitrogen and oxygen atoms in total. The van der Waals surface area contributed by atoms with E-state index in [1.54, 1.807) is 0 Å². The number of hydrogen-bond donors (Lipinski definition) is 0. The van der Waals surface area contributed by atoms with Crippen LogP contribution in [0.25, 0.3) is 89.3 Å². The number of benzene rings is 5. The molecule has 4 heterocycles. The lowest BCUT2D eigenvalue weighted by atomic mass is 10.0. The second-order valence-corrected chi connectivity index (χ2v) is 11.6. The molecular weight excluding hydrogens is 589 g/mol. The highest BCUT2D eigenvalue weighted by atomic mass is 14.9. The number of pyridine rings is 2. The monoisotopic (exact) mass is 614 g/mol. The van der Waals surface area contributed by atoms with Crippen molar-refractivity contribution in [2.24, 2.45) is 0 Å². The standard InChI is InChI=1S/C42H26N6/c1-4-12-27(13-5-1)36-24-37(47-41(46-36)29-16-8-3-9-17-29)32-22-30-20-21-31-23-33(26-44-40(31)39(30)43-25-32)42-45-35-19-11-10-18-34(35)38(48-42)28-14-6-2-7-15-28/h1-26H. The van der Waals surface area contributed by atoms with E-state index < -0.39 is 0 Å². The summed E-state index contributed by atoms with van der Waals surface area (Å²) < 4.78 is 0. The van der Waals surface area contributed by atoms with Crippen molar-refractivity contribution in [3.8, 4) is 56.5 Å². The van der Waals surface area contributed by atoms with Crippen molar-refractivity contribution in [2.75, 3.05) is 0 Å². The van der Waals surface area contributed by atoms with Gasteiger partial charge in [-0.15, -0.1) is 0 Å². The molecule has 0 saturated heterocycles. The van der Waals surface area contributed by atoms with Gasteiger partial charge in [-0.1, -0.05) is 121 Å². The molecule has 0 atom stereocenters. The first-order valence-electron chi connectivity index (χ1n) is 15.8. The topological polar surface area (TPSA) is 77.3 Å². The van der Waals surface area contributed by atoms with Crippen molar-refractivity contribution in [3.05, 3.63) is 158 Å². The maximum atomic E-state index is 5.03. The van der Waals surface area contributed by atoms with Crippen molar-refractivity contribution in [2.45, 2.75) is 0 Å². The van der Waals surface area contributed by atoms with Crippen LogP contribution in [0, 0.1) is 0 Å². The van der Waals surface area contributed by atoms with Gasteiger partial charge >= 0.3 is 0 Å². The molecule has 0 aliphatic rings. The maximum absolute atomic E-state index is 5.03. The summed E-state index contributed by atoms with van der Waals surface area (Å²) in [6, 6.07) is 49.0. The Balaban J connectivity index is 1.14. The van der Waals surface area contributed by atoms with Gasteiger partial charge in [-0.05, 0) is 24.3 Å². The Bertz CT molecular complexity index is 2550. The normalized spacial score (nSPS) is 11.3. The van der Waals surface area contributed by atoms with Gasteiger partial charge in [0.1, 0.15) is 0 Å². The molecule has 0 amide bonds. The fraction of sp³-hybridized carbons (Fsp3) is 0. The highest BCUT2D eigenvalue weighted by molar-refractivity contribution is 6.04. The van der Waals surface area contributed by atoms with Crippen molar-refractivity contribution in [1.82, 2.24) is 29.9 Å².